The Morgan fingerprint density at radius 3 is 2.47 bits per heavy atom. The van der Waals surface area contributed by atoms with Crippen LogP contribution in [0.2, 0.25) is 0 Å². The van der Waals surface area contributed by atoms with Crippen molar-refractivity contribution in [2.45, 2.75) is 20.8 Å². The molecule has 0 bridgehead atoms. The average Bonchev–Trinajstić information content (AvgIpc) is 2.57. The Morgan fingerprint density at radius 2 is 1.94 bits per heavy atom. The zero-order chi connectivity index (χ0) is 12.4. The summed E-state index contributed by atoms with van der Waals surface area (Å²) in [7, 11) is 0. The van der Waals surface area contributed by atoms with Crippen molar-refractivity contribution in [3.8, 4) is 0 Å². The molecule has 1 aromatic rings. The van der Waals surface area contributed by atoms with Crippen LogP contribution in [0.3, 0.4) is 0 Å². The van der Waals surface area contributed by atoms with Crippen molar-refractivity contribution in [3.63, 3.8) is 0 Å². The van der Waals surface area contributed by atoms with Gasteiger partial charge >= 0.3 is 0 Å². The van der Waals surface area contributed by atoms with E-state index in [-0.39, 0.29) is 9.16 Å². The summed E-state index contributed by atoms with van der Waals surface area (Å²) >= 11 is 3.36. The van der Waals surface area contributed by atoms with Gasteiger partial charge in [-0.1, -0.05) is 40.8 Å². The lowest BCUT2D eigenvalue weighted by atomic mass is 10.1. The molecule has 4 nitrogen and oxygen atoms in total. The molecular weight excluding hydrogens is 353 g/mol. The lowest BCUT2D eigenvalue weighted by Crippen LogP contribution is -2.46. The molecule has 0 radical (unpaired) electrons. The van der Waals surface area contributed by atoms with E-state index >= 15 is 0 Å². The Morgan fingerprint density at radius 1 is 1.29 bits per heavy atom. The van der Waals surface area contributed by atoms with E-state index in [1.54, 1.807) is 24.3 Å². The van der Waals surface area contributed by atoms with E-state index in [0.717, 1.165) is 0 Å². The lowest BCUT2D eigenvalue weighted by molar-refractivity contribution is 0.0547. The van der Waals surface area contributed by atoms with Crippen LogP contribution in [0.25, 0.3) is 0 Å². The van der Waals surface area contributed by atoms with E-state index in [4.69, 9.17) is 0 Å². The largest absolute Gasteiger partial charge is 0.387 e. The van der Waals surface area contributed by atoms with Gasteiger partial charge in [0.1, 0.15) is 11.5 Å². The van der Waals surface area contributed by atoms with Crippen LogP contribution in [0.5, 0.6) is 0 Å². The highest BCUT2D eigenvalue weighted by Gasteiger charge is 2.41. The molecule has 1 saturated heterocycles. The number of thioether (sulfide) groups is 1. The minimum absolute atomic E-state index is 0.0368. The van der Waals surface area contributed by atoms with Crippen LogP contribution in [0, 0.1) is 0 Å². The van der Waals surface area contributed by atoms with Crippen molar-refractivity contribution in [3.05, 3.63) is 35.9 Å². The number of aliphatic hydroxyl groups is 2. The fourth-order valence-corrected chi connectivity index (χ4v) is 4.11. The summed E-state index contributed by atoms with van der Waals surface area (Å²) in [6.07, 6.45) is -0.922. The van der Waals surface area contributed by atoms with Gasteiger partial charge in [0.25, 0.3) is 5.91 Å². The summed E-state index contributed by atoms with van der Waals surface area (Å²) < 4.78 is -0.0368. The molecule has 2 rings (SSSR count). The molecule has 0 aliphatic carbocycles. The smallest absolute Gasteiger partial charge is 0.251 e. The number of hydrogen-bond donors (Lipinski definition) is 3. The molecule has 92 valence electrons. The number of nitrogens with one attached hydrogen (secondary N) is 1. The summed E-state index contributed by atoms with van der Waals surface area (Å²) in [5.74, 6) is -0.231. The van der Waals surface area contributed by atoms with Gasteiger partial charge in [0.15, 0.2) is 0 Å². The fourth-order valence-electron chi connectivity index (χ4n) is 1.61. The van der Waals surface area contributed by atoms with Crippen LogP contribution in [0.4, 0.5) is 0 Å². The summed E-state index contributed by atoms with van der Waals surface area (Å²) in [5, 5.41) is 22.0. The topological polar surface area (TPSA) is 69.6 Å². The van der Waals surface area contributed by atoms with Crippen LogP contribution in [-0.2, 0) is 0 Å². The summed E-state index contributed by atoms with van der Waals surface area (Å²) in [4.78, 5) is 11.9. The van der Waals surface area contributed by atoms with Gasteiger partial charge in [-0.2, -0.15) is 0 Å². The first-order valence-corrected chi connectivity index (χ1v) is 7.30. The van der Waals surface area contributed by atoms with Crippen LogP contribution in [0.1, 0.15) is 10.4 Å². The number of hydrogen-bond acceptors (Lipinski definition) is 4. The molecule has 3 N–H and O–H groups in total. The SMILES string of the molecule is O=C(NC1C(I)SC(O)C1O)c1ccccc1. The molecule has 4 atom stereocenters. The van der Waals surface area contributed by atoms with Gasteiger partial charge in [0.05, 0.1) is 9.30 Å². The zero-order valence-corrected chi connectivity index (χ0v) is 11.8. The molecular formula is C11H12INO3S. The minimum Gasteiger partial charge on any atom is -0.387 e. The standard InChI is InChI=1S/C11H12INO3S/c12-9-7(8(14)11(16)17-9)13-10(15)6-4-2-1-3-5-6/h1-5,7-9,11,14,16H,(H,13,15). The van der Waals surface area contributed by atoms with Gasteiger partial charge in [0, 0.05) is 5.56 Å². The maximum Gasteiger partial charge on any atom is 0.251 e. The predicted molar refractivity (Wildman–Crippen MR) is 75.1 cm³/mol. The van der Waals surface area contributed by atoms with E-state index in [1.807, 2.05) is 6.07 Å². The first kappa shape index (κ1) is 13.1. The molecule has 0 spiro atoms. The van der Waals surface area contributed by atoms with Crippen molar-refractivity contribution in [2.24, 2.45) is 0 Å². The van der Waals surface area contributed by atoms with Gasteiger partial charge in [-0.05, 0) is 12.1 Å². The number of aliphatic hydroxyl groups excluding tert-OH is 2. The molecule has 1 aliphatic heterocycles. The van der Waals surface area contributed by atoms with Crippen molar-refractivity contribution in [2.75, 3.05) is 0 Å². The Kier molecular flexibility index (Phi) is 4.29. The normalized spacial score (nSPS) is 32.4. The number of amides is 1. The van der Waals surface area contributed by atoms with Gasteiger partial charge in [-0.3, -0.25) is 4.79 Å². The first-order chi connectivity index (χ1) is 8.09. The lowest BCUT2D eigenvalue weighted by Gasteiger charge is -2.19. The van der Waals surface area contributed by atoms with E-state index in [2.05, 4.69) is 27.9 Å². The molecule has 1 fully saturated rings. The molecule has 0 saturated carbocycles. The molecule has 1 amide bonds. The van der Waals surface area contributed by atoms with E-state index in [0.29, 0.717) is 5.56 Å². The van der Waals surface area contributed by atoms with Crippen LogP contribution >= 0.6 is 34.4 Å². The highest BCUT2D eigenvalue weighted by atomic mass is 127. The number of alkyl halides is 1. The Bertz CT molecular complexity index is 403. The maximum absolute atomic E-state index is 11.9. The second-order valence-corrected chi connectivity index (χ2v) is 7.18. The minimum atomic E-state index is -0.922. The Hall–Kier alpha value is -0.310. The van der Waals surface area contributed by atoms with Crippen LogP contribution in [-0.4, -0.2) is 37.0 Å². The third-order valence-electron chi connectivity index (χ3n) is 2.55. The number of benzene rings is 1. The van der Waals surface area contributed by atoms with Gasteiger partial charge in [-0.25, -0.2) is 0 Å². The molecule has 17 heavy (non-hydrogen) atoms. The molecule has 1 aromatic carbocycles. The van der Waals surface area contributed by atoms with Gasteiger partial charge < -0.3 is 15.5 Å². The Labute approximate surface area is 117 Å². The molecule has 0 aromatic heterocycles. The van der Waals surface area contributed by atoms with E-state index in [9.17, 15) is 15.0 Å². The maximum atomic E-state index is 11.9. The quantitative estimate of drug-likeness (QED) is 0.540. The molecule has 1 aliphatic rings. The number of carbonyl (C=O) groups excluding carboxylic acids is 1. The zero-order valence-electron chi connectivity index (χ0n) is 8.79. The fraction of sp³-hybridized carbons (Fsp3) is 0.364. The van der Waals surface area contributed by atoms with E-state index in [1.165, 1.54) is 11.8 Å². The number of carbonyl (C=O) groups is 1. The third kappa shape index (κ3) is 2.93. The first-order valence-electron chi connectivity index (χ1n) is 5.11. The van der Waals surface area contributed by atoms with Crippen molar-refractivity contribution in [1.82, 2.24) is 5.32 Å². The summed E-state index contributed by atoms with van der Waals surface area (Å²) in [5.41, 5.74) is -0.285. The predicted octanol–water partition coefficient (Wildman–Crippen LogP) is 0.972. The average molecular weight is 365 g/mol. The molecule has 4 unspecified atom stereocenters. The number of rotatable bonds is 2. The summed E-state index contributed by atoms with van der Waals surface area (Å²) in [6, 6.07) is 8.39. The Balaban J connectivity index is 2.04. The van der Waals surface area contributed by atoms with Crippen molar-refractivity contribution in [1.29, 1.82) is 0 Å². The van der Waals surface area contributed by atoms with Crippen LogP contribution < -0.4 is 5.32 Å². The van der Waals surface area contributed by atoms with Gasteiger partial charge in [0.2, 0.25) is 0 Å². The monoisotopic (exact) mass is 365 g/mol. The molecule has 6 heteroatoms. The highest BCUT2D eigenvalue weighted by molar-refractivity contribution is 14.1. The second-order valence-electron chi connectivity index (χ2n) is 3.73. The molecule has 1 heterocycles. The second kappa shape index (κ2) is 5.55. The third-order valence-corrected chi connectivity index (χ3v) is 5.31. The summed E-state index contributed by atoms with van der Waals surface area (Å²) in [6.45, 7) is 0. The highest BCUT2D eigenvalue weighted by Crippen LogP contribution is 2.36. The van der Waals surface area contributed by atoms with Crippen molar-refractivity contribution >= 4 is 40.3 Å². The van der Waals surface area contributed by atoms with Crippen LogP contribution in [0.15, 0.2) is 30.3 Å². The van der Waals surface area contributed by atoms with Gasteiger partial charge in [-0.15, -0.1) is 11.8 Å². The number of halogens is 1. The van der Waals surface area contributed by atoms with Crippen molar-refractivity contribution < 1.29 is 15.0 Å². The van der Waals surface area contributed by atoms with E-state index < -0.39 is 17.6 Å².